The predicted octanol–water partition coefficient (Wildman–Crippen LogP) is 2.39. The molecular weight excluding hydrogens is 271 g/mol. The predicted molar refractivity (Wildman–Crippen MR) is 80.6 cm³/mol. The Balaban J connectivity index is 1.82. The topological polar surface area (TPSA) is 52.6 Å². The van der Waals surface area contributed by atoms with E-state index in [0.29, 0.717) is 18.7 Å². The zero-order valence-corrected chi connectivity index (χ0v) is 12.2. The van der Waals surface area contributed by atoms with Gasteiger partial charge >= 0.3 is 0 Å². The highest BCUT2D eigenvalue weighted by molar-refractivity contribution is 5.90. The Labute approximate surface area is 125 Å². The zero-order valence-electron chi connectivity index (χ0n) is 12.2. The van der Waals surface area contributed by atoms with Crippen LogP contribution in [0.5, 0.6) is 0 Å². The van der Waals surface area contributed by atoms with Crippen LogP contribution in [0.1, 0.15) is 32.1 Å². The molecule has 1 heterocycles. The monoisotopic (exact) mass is 294 g/mol. The molecule has 0 aromatic heterocycles. The second-order valence-electron chi connectivity index (χ2n) is 5.53. The molecule has 0 saturated carbocycles. The van der Waals surface area contributed by atoms with Crippen LogP contribution in [-0.4, -0.2) is 41.7 Å². The van der Waals surface area contributed by atoms with E-state index in [2.05, 4.69) is 10.2 Å². The Bertz CT molecular complexity index is 467. The standard InChI is InChI=1S/C16H23FN2O2/c17-13-5-4-6-14(11-13)18-16(21)8-10-19-9-3-1-2-7-15(19)12-20/h4-6,11,15,20H,1-3,7-10,12H2,(H,18,21)/t15-/m1/s1. The first-order valence-corrected chi connectivity index (χ1v) is 7.59. The molecule has 1 aromatic carbocycles. The molecule has 1 aliphatic heterocycles. The highest BCUT2D eigenvalue weighted by atomic mass is 19.1. The number of hydrogen-bond donors (Lipinski definition) is 2. The molecule has 0 bridgehead atoms. The molecule has 21 heavy (non-hydrogen) atoms. The highest BCUT2D eigenvalue weighted by Gasteiger charge is 2.20. The first-order valence-electron chi connectivity index (χ1n) is 7.59. The van der Waals surface area contributed by atoms with Crippen molar-refractivity contribution < 1.29 is 14.3 Å². The van der Waals surface area contributed by atoms with Gasteiger partial charge in [-0.25, -0.2) is 4.39 Å². The van der Waals surface area contributed by atoms with Gasteiger partial charge in [0.25, 0.3) is 0 Å². The number of nitrogens with zero attached hydrogens (tertiary/aromatic N) is 1. The molecule has 0 radical (unpaired) electrons. The number of carbonyl (C=O) groups excluding carboxylic acids is 1. The zero-order chi connectivity index (χ0) is 15.1. The van der Waals surface area contributed by atoms with Crippen LogP contribution in [-0.2, 0) is 4.79 Å². The lowest BCUT2D eigenvalue weighted by molar-refractivity contribution is -0.116. The Morgan fingerprint density at radius 2 is 2.24 bits per heavy atom. The Morgan fingerprint density at radius 1 is 1.38 bits per heavy atom. The van der Waals surface area contributed by atoms with Crippen molar-refractivity contribution in [2.75, 3.05) is 25.0 Å². The molecule has 0 unspecified atom stereocenters. The third kappa shape index (κ3) is 5.10. The number of aliphatic hydroxyl groups is 1. The molecule has 1 aromatic rings. The summed E-state index contributed by atoms with van der Waals surface area (Å²) >= 11 is 0. The molecule has 1 aliphatic rings. The summed E-state index contributed by atoms with van der Waals surface area (Å²) in [5.41, 5.74) is 0.481. The number of amides is 1. The van der Waals surface area contributed by atoms with Crippen LogP contribution in [0.15, 0.2) is 24.3 Å². The number of benzene rings is 1. The van der Waals surface area contributed by atoms with Crippen LogP contribution in [0.4, 0.5) is 10.1 Å². The second-order valence-corrected chi connectivity index (χ2v) is 5.53. The number of halogens is 1. The summed E-state index contributed by atoms with van der Waals surface area (Å²) in [6, 6.07) is 6.05. The van der Waals surface area contributed by atoms with E-state index in [1.54, 1.807) is 12.1 Å². The van der Waals surface area contributed by atoms with Gasteiger partial charge in [-0.1, -0.05) is 18.9 Å². The van der Waals surface area contributed by atoms with Gasteiger partial charge in [0, 0.05) is 24.7 Å². The average molecular weight is 294 g/mol. The lowest BCUT2D eigenvalue weighted by Gasteiger charge is -2.28. The lowest BCUT2D eigenvalue weighted by Crippen LogP contribution is -2.39. The molecule has 1 amide bonds. The van der Waals surface area contributed by atoms with E-state index in [0.717, 1.165) is 25.8 Å². The minimum atomic E-state index is -0.360. The molecule has 1 fully saturated rings. The van der Waals surface area contributed by atoms with E-state index in [-0.39, 0.29) is 24.4 Å². The lowest BCUT2D eigenvalue weighted by atomic mass is 10.1. The van der Waals surface area contributed by atoms with Crippen LogP contribution >= 0.6 is 0 Å². The Kier molecular flexibility index (Phi) is 6.14. The van der Waals surface area contributed by atoms with Gasteiger partial charge in [0.1, 0.15) is 5.82 Å². The van der Waals surface area contributed by atoms with Crippen molar-refractivity contribution in [2.24, 2.45) is 0 Å². The number of carbonyl (C=O) groups is 1. The van der Waals surface area contributed by atoms with Gasteiger partial charge in [-0.2, -0.15) is 0 Å². The molecular formula is C16H23FN2O2. The molecule has 4 nitrogen and oxygen atoms in total. The maximum absolute atomic E-state index is 13.0. The SMILES string of the molecule is O=C(CCN1CCCCC[C@@H]1CO)Nc1cccc(F)c1. The summed E-state index contributed by atoms with van der Waals surface area (Å²) in [6.45, 7) is 1.70. The fraction of sp³-hybridized carbons (Fsp3) is 0.562. The van der Waals surface area contributed by atoms with E-state index < -0.39 is 0 Å². The number of likely N-dealkylation sites (tertiary alicyclic amines) is 1. The largest absolute Gasteiger partial charge is 0.395 e. The van der Waals surface area contributed by atoms with Gasteiger partial charge in [0.2, 0.25) is 5.91 Å². The molecule has 116 valence electrons. The quantitative estimate of drug-likeness (QED) is 0.876. The van der Waals surface area contributed by atoms with Crippen molar-refractivity contribution in [1.29, 1.82) is 0 Å². The van der Waals surface area contributed by atoms with E-state index in [9.17, 15) is 14.3 Å². The van der Waals surface area contributed by atoms with E-state index in [1.165, 1.54) is 18.6 Å². The summed E-state index contributed by atoms with van der Waals surface area (Å²) in [7, 11) is 0. The summed E-state index contributed by atoms with van der Waals surface area (Å²) in [5, 5.41) is 12.1. The fourth-order valence-electron chi connectivity index (χ4n) is 2.77. The van der Waals surface area contributed by atoms with Gasteiger partial charge in [-0.05, 0) is 37.6 Å². The Morgan fingerprint density at radius 3 is 3.00 bits per heavy atom. The molecule has 1 atom stereocenters. The number of nitrogens with one attached hydrogen (secondary N) is 1. The van der Waals surface area contributed by atoms with Crippen molar-refractivity contribution in [3.05, 3.63) is 30.1 Å². The molecule has 5 heteroatoms. The number of anilines is 1. The van der Waals surface area contributed by atoms with Crippen LogP contribution < -0.4 is 5.32 Å². The maximum Gasteiger partial charge on any atom is 0.225 e. The van der Waals surface area contributed by atoms with Gasteiger partial charge in [0.05, 0.1) is 6.61 Å². The maximum atomic E-state index is 13.0. The van der Waals surface area contributed by atoms with Gasteiger partial charge in [0.15, 0.2) is 0 Å². The van der Waals surface area contributed by atoms with Crippen LogP contribution in [0, 0.1) is 5.82 Å². The van der Waals surface area contributed by atoms with Crippen LogP contribution in [0.2, 0.25) is 0 Å². The van der Waals surface area contributed by atoms with Crippen molar-refractivity contribution >= 4 is 11.6 Å². The molecule has 0 aliphatic carbocycles. The second kappa shape index (κ2) is 8.10. The van der Waals surface area contributed by atoms with E-state index in [1.807, 2.05) is 0 Å². The minimum Gasteiger partial charge on any atom is -0.395 e. The fourth-order valence-corrected chi connectivity index (χ4v) is 2.77. The first kappa shape index (κ1) is 15.9. The first-order chi connectivity index (χ1) is 10.2. The minimum absolute atomic E-state index is 0.124. The van der Waals surface area contributed by atoms with E-state index >= 15 is 0 Å². The van der Waals surface area contributed by atoms with Gasteiger partial charge in [-0.15, -0.1) is 0 Å². The highest BCUT2D eigenvalue weighted by Crippen LogP contribution is 2.17. The summed E-state index contributed by atoms with van der Waals surface area (Å²) in [4.78, 5) is 14.1. The molecule has 2 rings (SSSR count). The summed E-state index contributed by atoms with van der Waals surface area (Å²) < 4.78 is 13.0. The molecule has 2 N–H and O–H groups in total. The Hall–Kier alpha value is -1.46. The van der Waals surface area contributed by atoms with Crippen molar-refractivity contribution in [3.63, 3.8) is 0 Å². The van der Waals surface area contributed by atoms with Gasteiger partial charge < -0.3 is 10.4 Å². The van der Waals surface area contributed by atoms with Gasteiger partial charge in [-0.3, -0.25) is 9.69 Å². The number of hydrogen-bond acceptors (Lipinski definition) is 3. The summed E-state index contributed by atoms with van der Waals surface area (Å²) in [6.07, 6.45) is 4.77. The molecule has 0 spiro atoms. The average Bonchev–Trinajstić information content (AvgIpc) is 2.70. The van der Waals surface area contributed by atoms with Crippen LogP contribution in [0.25, 0.3) is 0 Å². The third-order valence-electron chi connectivity index (χ3n) is 3.94. The van der Waals surface area contributed by atoms with Crippen molar-refractivity contribution in [2.45, 2.75) is 38.1 Å². The third-order valence-corrected chi connectivity index (χ3v) is 3.94. The molecule has 1 saturated heterocycles. The number of rotatable bonds is 5. The van der Waals surface area contributed by atoms with E-state index in [4.69, 9.17) is 0 Å². The van der Waals surface area contributed by atoms with Crippen molar-refractivity contribution in [1.82, 2.24) is 4.90 Å². The van der Waals surface area contributed by atoms with Crippen molar-refractivity contribution in [3.8, 4) is 0 Å². The number of aliphatic hydroxyl groups excluding tert-OH is 1. The smallest absolute Gasteiger partial charge is 0.225 e. The van der Waals surface area contributed by atoms with Crippen LogP contribution in [0.3, 0.4) is 0 Å². The normalized spacial score (nSPS) is 20.0. The summed E-state index contributed by atoms with van der Waals surface area (Å²) in [5.74, 6) is -0.484.